The minimum atomic E-state index is -4.72. The smallest absolute Gasteiger partial charge is 0.382 e. The van der Waals surface area contributed by atoms with E-state index in [0.717, 1.165) is 12.1 Å². The molecule has 12 heteroatoms. The van der Waals surface area contributed by atoms with E-state index in [-0.39, 0.29) is 35.7 Å². The van der Waals surface area contributed by atoms with Gasteiger partial charge in [0.1, 0.15) is 11.8 Å². The number of rotatable bonds is 10. The van der Waals surface area contributed by atoms with Gasteiger partial charge < -0.3 is 9.02 Å². The molecule has 0 atom stereocenters. The second-order valence-corrected chi connectivity index (χ2v) is 8.02. The average molecular weight is 458 g/mol. The van der Waals surface area contributed by atoms with Crippen LogP contribution in [-0.2, 0) is 21.1 Å². The molecule has 31 heavy (non-hydrogen) atoms. The first-order valence-corrected chi connectivity index (χ1v) is 10.5. The van der Waals surface area contributed by atoms with Crippen molar-refractivity contribution < 1.29 is 35.7 Å². The molecule has 0 saturated carbocycles. The van der Waals surface area contributed by atoms with Crippen molar-refractivity contribution in [3.63, 3.8) is 0 Å². The molecule has 0 spiro atoms. The third kappa shape index (κ3) is 7.14. The zero-order valence-corrected chi connectivity index (χ0v) is 16.8. The summed E-state index contributed by atoms with van der Waals surface area (Å²) in [6.45, 7) is -0.145. The Morgan fingerprint density at radius 3 is 2.45 bits per heavy atom. The van der Waals surface area contributed by atoms with Crippen molar-refractivity contribution >= 4 is 10.1 Å². The number of halogens is 3. The van der Waals surface area contributed by atoms with Gasteiger partial charge in [0.15, 0.2) is 0 Å². The van der Waals surface area contributed by atoms with E-state index in [1.807, 2.05) is 0 Å². The van der Waals surface area contributed by atoms with Gasteiger partial charge in [-0.05, 0) is 36.6 Å². The maximum Gasteiger partial charge on any atom is 0.417 e. The maximum atomic E-state index is 13.2. The Labute approximate surface area is 176 Å². The van der Waals surface area contributed by atoms with Gasteiger partial charge in [-0.25, -0.2) is 0 Å². The van der Waals surface area contributed by atoms with Crippen molar-refractivity contribution in [2.24, 2.45) is 0 Å². The summed E-state index contributed by atoms with van der Waals surface area (Å²) in [6.07, 6.45) is -3.90. The van der Waals surface area contributed by atoms with E-state index in [2.05, 4.69) is 4.84 Å². The number of nitriles is 1. The van der Waals surface area contributed by atoms with Crippen molar-refractivity contribution in [1.82, 2.24) is 0 Å². The summed E-state index contributed by atoms with van der Waals surface area (Å²) >= 11 is 0. The average Bonchev–Trinajstić information content (AvgIpc) is 2.69. The molecule has 2 rings (SSSR count). The van der Waals surface area contributed by atoms with E-state index >= 15 is 0 Å². The van der Waals surface area contributed by atoms with Crippen molar-refractivity contribution in [3.8, 4) is 22.9 Å². The molecule has 166 valence electrons. The second-order valence-electron chi connectivity index (χ2n) is 6.33. The first kappa shape index (κ1) is 23.9. The summed E-state index contributed by atoms with van der Waals surface area (Å²) in [5, 5.41) is 18.3. The van der Waals surface area contributed by atoms with E-state index < -0.39 is 32.5 Å². The van der Waals surface area contributed by atoms with Gasteiger partial charge in [-0.1, -0.05) is 30.7 Å². The van der Waals surface area contributed by atoms with E-state index in [0.29, 0.717) is 12.8 Å². The lowest BCUT2D eigenvalue weighted by molar-refractivity contribution is -0.757. The van der Waals surface area contributed by atoms with Crippen LogP contribution in [0.3, 0.4) is 0 Å². The molecule has 2 aromatic carbocycles. The monoisotopic (exact) mass is 458 g/mol. The van der Waals surface area contributed by atoms with E-state index in [1.165, 1.54) is 30.3 Å². The highest BCUT2D eigenvalue weighted by Crippen LogP contribution is 2.37. The Balaban J connectivity index is 2.13. The lowest BCUT2D eigenvalue weighted by atomic mass is 9.96. The summed E-state index contributed by atoms with van der Waals surface area (Å²) in [6, 6.07) is 10.2. The molecule has 0 fully saturated rings. The number of unbranched alkanes of at least 4 members (excludes halogenated alkanes) is 2. The Hall–Kier alpha value is -3.33. The summed E-state index contributed by atoms with van der Waals surface area (Å²) in [7, 11) is -4.00. The van der Waals surface area contributed by atoms with Crippen LogP contribution < -0.4 is 4.18 Å². The molecular formula is C19H17F3N2O6S. The molecule has 0 amide bonds. The number of nitrogens with zero attached hydrogens (tertiary/aromatic N) is 2. The summed E-state index contributed by atoms with van der Waals surface area (Å²) in [5.41, 5.74) is -1.49. The van der Waals surface area contributed by atoms with Crippen molar-refractivity contribution in [2.45, 2.75) is 25.4 Å². The van der Waals surface area contributed by atoms with Crippen LogP contribution in [0, 0.1) is 21.4 Å². The van der Waals surface area contributed by atoms with Gasteiger partial charge in [-0.3, -0.25) is 0 Å². The molecule has 0 saturated heterocycles. The number of hydrogen-bond acceptors (Lipinski definition) is 7. The molecule has 0 unspecified atom stereocenters. The predicted molar refractivity (Wildman–Crippen MR) is 103 cm³/mol. The van der Waals surface area contributed by atoms with Crippen molar-refractivity contribution in [2.75, 3.05) is 12.4 Å². The molecule has 0 aliphatic heterocycles. The molecular weight excluding hydrogens is 441 g/mol. The van der Waals surface area contributed by atoms with Crippen LogP contribution in [0.5, 0.6) is 5.75 Å². The van der Waals surface area contributed by atoms with Crippen LogP contribution in [0.25, 0.3) is 11.1 Å². The molecule has 0 bridgehead atoms. The van der Waals surface area contributed by atoms with Gasteiger partial charge in [-0.15, -0.1) is 10.1 Å². The SMILES string of the molecule is N#Cc1c(-c2cccc(OS(=O)(=O)CCCCCO[N+](=O)[O-])c2)cccc1C(F)(F)F. The van der Waals surface area contributed by atoms with Crippen LogP contribution >= 0.6 is 0 Å². The summed E-state index contributed by atoms with van der Waals surface area (Å²) in [5.74, 6) is -0.474. The fraction of sp³-hybridized carbons (Fsp3) is 0.316. The Bertz CT molecular complexity index is 1080. The van der Waals surface area contributed by atoms with Crippen LogP contribution in [-0.4, -0.2) is 25.9 Å². The maximum absolute atomic E-state index is 13.2. The fourth-order valence-corrected chi connectivity index (χ4v) is 3.79. The Morgan fingerprint density at radius 1 is 1.10 bits per heavy atom. The van der Waals surface area contributed by atoms with Gasteiger partial charge in [0.25, 0.3) is 5.09 Å². The van der Waals surface area contributed by atoms with Gasteiger partial charge >= 0.3 is 16.3 Å². The van der Waals surface area contributed by atoms with Crippen LogP contribution in [0.15, 0.2) is 42.5 Å². The molecule has 0 N–H and O–H groups in total. The zero-order valence-electron chi connectivity index (χ0n) is 16.0. The third-order valence-corrected chi connectivity index (χ3v) is 5.32. The molecule has 0 aromatic heterocycles. The molecule has 0 aliphatic carbocycles. The minimum absolute atomic E-state index is 0.00837. The number of alkyl halides is 3. The number of benzene rings is 2. The summed E-state index contributed by atoms with van der Waals surface area (Å²) < 4.78 is 68.8. The fourth-order valence-electron chi connectivity index (χ4n) is 2.75. The number of hydrogen-bond donors (Lipinski definition) is 0. The topological polar surface area (TPSA) is 120 Å². The molecule has 0 radical (unpaired) electrons. The van der Waals surface area contributed by atoms with Crippen molar-refractivity contribution in [3.05, 3.63) is 63.7 Å². The Morgan fingerprint density at radius 2 is 1.81 bits per heavy atom. The van der Waals surface area contributed by atoms with Gasteiger partial charge in [0.2, 0.25) is 0 Å². The third-order valence-electron chi connectivity index (χ3n) is 4.09. The van der Waals surface area contributed by atoms with E-state index in [9.17, 15) is 37.0 Å². The molecule has 0 aliphatic rings. The summed E-state index contributed by atoms with van der Waals surface area (Å²) in [4.78, 5) is 14.1. The van der Waals surface area contributed by atoms with Crippen molar-refractivity contribution in [1.29, 1.82) is 5.26 Å². The minimum Gasteiger partial charge on any atom is -0.382 e. The van der Waals surface area contributed by atoms with Gasteiger partial charge in [-0.2, -0.15) is 26.9 Å². The largest absolute Gasteiger partial charge is 0.417 e. The highest BCUT2D eigenvalue weighted by molar-refractivity contribution is 7.87. The highest BCUT2D eigenvalue weighted by Gasteiger charge is 2.34. The van der Waals surface area contributed by atoms with Crippen LogP contribution in [0.4, 0.5) is 13.2 Å². The lowest BCUT2D eigenvalue weighted by Crippen LogP contribution is -2.14. The zero-order chi connectivity index (χ0) is 23.1. The van der Waals surface area contributed by atoms with Gasteiger partial charge in [0, 0.05) is 5.56 Å². The highest BCUT2D eigenvalue weighted by atomic mass is 32.2. The standard InChI is InChI=1S/C19H17F3N2O6S/c20-19(21,22)18-9-5-8-16(17(18)13-23)14-6-4-7-15(12-14)30-31(27,28)11-3-1-2-10-29-24(25)26/h4-9,12H,1-3,10-11H2. The van der Waals surface area contributed by atoms with Crippen LogP contribution in [0.1, 0.15) is 30.4 Å². The van der Waals surface area contributed by atoms with E-state index in [4.69, 9.17) is 4.18 Å². The molecule has 0 heterocycles. The molecule has 2 aromatic rings. The van der Waals surface area contributed by atoms with E-state index in [1.54, 1.807) is 6.07 Å². The normalized spacial score (nSPS) is 11.5. The Kier molecular flexibility index (Phi) is 7.82. The first-order valence-electron chi connectivity index (χ1n) is 8.94. The first-order chi connectivity index (χ1) is 14.5. The lowest BCUT2D eigenvalue weighted by Gasteiger charge is -2.13. The van der Waals surface area contributed by atoms with Gasteiger partial charge in [0.05, 0.1) is 23.5 Å². The van der Waals surface area contributed by atoms with Crippen LogP contribution in [0.2, 0.25) is 0 Å². The predicted octanol–water partition coefficient (Wildman–Crippen LogP) is 4.33. The second kappa shape index (κ2) is 10.1. The molecule has 8 nitrogen and oxygen atoms in total. The quantitative estimate of drug-likeness (QED) is 0.225.